The first-order valence-electron chi connectivity index (χ1n) is 5.09. The zero-order valence-corrected chi connectivity index (χ0v) is 10.4. The Morgan fingerprint density at radius 2 is 2.33 bits per heavy atom. The normalized spacial score (nSPS) is 37.3. The van der Waals surface area contributed by atoms with E-state index in [0.29, 0.717) is 19.4 Å². The van der Waals surface area contributed by atoms with Crippen molar-refractivity contribution in [1.82, 2.24) is 0 Å². The predicted molar refractivity (Wildman–Crippen MR) is 59.6 cm³/mol. The minimum absolute atomic E-state index is 0.113. The topological polar surface area (TPSA) is 52.6 Å². The summed E-state index contributed by atoms with van der Waals surface area (Å²) in [6.07, 6.45) is 3.33. The van der Waals surface area contributed by atoms with Crippen molar-refractivity contribution in [1.29, 1.82) is 0 Å². The van der Waals surface area contributed by atoms with Crippen LogP contribution in [-0.2, 0) is 19.0 Å². The Bertz CT molecular complexity index is 319. The Morgan fingerprint density at radius 1 is 1.53 bits per heavy atom. The van der Waals surface area contributed by atoms with Crippen molar-refractivity contribution in [2.75, 3.05) is 24.4 Å². The fourth-order valence-corrected chi connectivity index (χ4v) is 4.21. The van der Waals surface area contributed by atoms with Crippen molar-refractivity contribution >= 4 is 21.9 Å². The lowest BCUT2D eigenvalue weighted by atomic mass is 9.91. The van der Waals surface area contributed by atoms with Gasteiger partial charge in [-0.2, -0.15) is 20.2 Å². The first kappa shape index (κ1) is 11.7. The van der Waals surface area contributed by atoms with Gasteiger partial charge in [0.05, 0.1) is 18.0 Å². The summed E-state index contributed by atoms with van der Waals surface area (Å²) in [4.78, 5) is 0. The largest absolute Gasteiger partial charge is 0.374 e. The van der Waals surface area contributed by atoms with Crippen molar-refractivity contribution in [3.63, 3.8) is 0 Å². The highest BCUT2D eigenvalue weighted by Crippen LogP contribution is 2.39. The highest BCUT2D eigenvalue weighted by molar-refractivity contribution is 7.99. The van der Waals surface area contributed by atoms with Gasteiger partial charge in [-0.1, -0.05) is 0 Å². The molecule has 0 aromatic carbocycles. The van der Waals surface area contributed by atoms with Gasteiger partial charge in [0.1, 0.15) is 0 Å². The van der Waals surface area contributed by atoms with Gasteiger partial charge >= 0.3 is 0 Å². The maximum absolute atomic E-state index is 11.0. The van der Waals surface area contributed by atoms with E-state index in [2.05, 4.69) is 0 Å². The smallest absolute Gasteiger partial charge is 0.264 e. The lowest BCUT2D eigenvalue weighted by Crippen LogP contribution is -2.43. The van der Waals surface area contributed by atoms with Gasteiger partial charge < -0.3 is 4.74 Å². The van der Waals surface area contributed by atoms with Gasteiger partial charge in [-0.15, -0.1) is 0 Å². The van der Waals surface area contributed by atoms with Crippen LogP contribution in [0.25, 0.3) is 0 Å². The average molecular weight is 252 g/mol. The van der Waals surface area contributed by atoms with Gasteiger partial charge in [0, 0.05) is 18.8 Å². The Hall–Kier alpha value is 0.220. The van der Waals surface area contributed by atoms with E-state index in [0.717, 1.165) is 24.2 Å². The van der Waals surface area contributed by atoms with E-state index in [4.69, 9.17) is 8.92 Å². The van der Waals surface area contributed by atoms with E-state index < -0.39 is 10.1 Å². The van der Waals surface area contributed by atoms with Gasteiger partial charge in [-0.25, -0.2) is 0 Å². The number of hydrogen-bond acceptors (Lipinski definition) is 5. The zero-order chi connectivity index (χ0) is 10.9. The maximum Gasteiger partial charge on any atom is 0.264 e. The molecular weight excluding hydrogens is 236 g/mol. The van der Waals surface area contributed by atoms with Crippen LogP contribution in [0.15, 0.2) is 0 Å². The summed E-state index contributed by atoms with van der Waals surface area (Å²) in [6.45, 7) is 0.612. The van der Waals surface area contributed by atoms with Crippen LogP contribution >= 0.6 is 11.8 Å². The summed E-state index contributed by atoms with van der Waals surface area (Å²) in [5, 5.41) is 0. The van der Waals surface area contributed by atoms with Crippen molar-refractivity contribution < 1.29 is 17.3 Å². The average Bonchev–Trinajstić information content (AvgIpc) is 2.50. The fraction of sp³-hybridized carbons (Fsp3) is 1.00. The molecule has 2 aliphatic heterocycles. The van der Waals surface area contributed by atoms with Crippen LogP contribution in [-0.4, -0.2) is 44.5 Å². The summed E-state index contributed by atoms with van der Waals surface area (Å²) in [7, 11) is -3.33. The maximum atomic E-state index is 11.0. The first-order valence-corrected chi connectivity index (χ1v) is 8.06. The molecule has 0 bridgehead atoms. The van der Waals surface area contributed by atoms with Crippen LogP contribution in [0.1, 0.15) is 19.3 Å². The van der Waals surface area contributed by atoms with E-state index >= 15 is 0 Å². The molecule has 0 aromatic heterocycles. The fourth-order valence-electron chi connectivity index (χ4n) is 2.18. The Labute approximate surface area is 94.8 Å². The molecule has 2 rings (SSSR count). The molecule has 0 radical (unpaired) electrons. The van der Waals surface area contributed by atoms with E-state index in [1.54, 1.807) is 0 Å². The van der Waals surface area contributed by atoms with Gasteiger partial charge in [0.2, 0.25) is 0 Å². The summed E-state index contributed by atoms with van der Waals surface area (Å²) in [5.74, 6) is 2.07. The molecule has 2 unspecified atom stereocenters. The molecule has 0 aliphatic carbocycles. The second kappa shape index (κ2) is 4.24. The van der Waals surface area contributed by atoms with Gasteiger partial charge in [0.15, 0.2) is 0 Å². The molecule has 1 spiro atoms. The SMILES string of the molecule is CS(=O)(=O)OC1CCOC2(CCSC2)C1. The van der Waals surface area contributed by atoms with Crippen LogP contribution in [0.4, 0.5) is 0 Å². The summed E-state index contributed by atoms with van der Waals surface area (Å²) in [5.41, 5.74) is -0.113. The molecule has 0 saturated carbocycles. The third-order valence-corrected chi connectivity index (χ3v) is 4.67. The first-order chi connectivity index (χ1) is 6.99. The molecule has 2 heterocycles. The van der Waals surface area contributed by atoms with Crippen molar-refractivity contribution in [3.8, 4) is 0 Å². The summed E-state index contributed by atoms with van der Waals surface area (Å²) >= 11 is 1.87. The van der Waals surface area contributed by atoms with Crippen LogP contribution in [0.5, 0.6) is 0 Å². The number of thioether (sulfide) groups is 1. The zero-order valence-electron chi connectivity index (χ0n) is 8.77. The van der Waals surface area contributed by atoms with Crippen molar-refractivity contribution in [3.05, 3.63) is 0 Å². The van der Waals surface area contributed by atoms with Crippen LogP contribution < -0.4 is 0 Å². The van der Waals surface area contributed by atoms with E-state index in [-0.39, 0.29) is 11.7 Å². The lowest BCUT2D eigenvalue weighted by molar-refractivity contribution is -0.0945. The van der Waals surface area contributed by atoms with Crippen LogP contribution in [0.3, 0.4) is 0 Å². The van der Waals surface area contributed by atoms with Crippen LogP contribution in [0.2, 0.25) is 0 Å². The molecule has 88 valence electrons. The molecular formula is C9H16O4S2. The Morgan fingerprint density at radius 3 is 2.93 bits per heavy atom. The minimum atomic E-state index is -3.33. The quantitative estimate of drug-likeness (QED) is 0.687. The molecule has 6 heteroatoms. The second-order valence-electron chi connectivity index (χ2n) is 4.25. The molecule has 2 aliphatic rings. The van der Waals surface area contributed by atoms with Crippen molar-refractivity contribution in [2.45, 2.75) is 31.0 Å². The monoisotopic (exact) mass is 252 g/mol. The van der Waals surface area contributed by atoms with Crippen molar-refractivity contribution in [2.24, 2.45) is 0 Å². The molecule has 2 fully saturated rings. The number of rotatable bonds is 2. The Kier molecular flexibility index (Phi) is 3.30. The standard InChI is InChI=1S/C9H16O4S2/c1-15(10,11)13-8-2-4-12-9(6-8)3-5-14-7-9/h8H,2-7H2,1H3. The molecule has 0 amide bonds. The van der Waals surface area contributed by atoms with Gasteiger partial charge in [-0.3, -0.25) is 4.18 Å². The molecule has 0 N–H and O–H groups in total. The third-order valence-electron chi connectivity index (χ3n) is 2.83. The number of ether oxygens (including phenoxy) is 1. The Balaban J connectivity index is 1.98. The van der Waals surface area contributed by atoms with E-state index in [1.165, 1.54) is 0 Å². The second-order valence-corrected chi connectivity index (χ2v) is 6.96. The van der Waals surface area contributed by atoms with Gasteiger partial charge in [0.25, 0.3) is 10.1 Å². The molecule has 4 nitrogen and oxygen atoms in total. The van der Waals surface area contributed by atoms with Crippen LogP contribution in [0, 0.1) is 0 Å². The predicted octanol–water partition coefficient (Wildman–Crippen LogP) is 1.02. The number of hydrogen-bond donors (Lipinski definition) is 0. The van der Waals surface area contributed by atoms with Gasteiger partial charge in [-0.05, 0) is 18.6 Å². The highest BCUT2D eigenvalue weighted by atomic mass is 32.2. The molecule has 2 saturated heterocycles. The lowest BCUT2D eigenvalue weighted by Gasteiger charge is -2.36. The highest BCUT2D eigenvalue weighted by Gasteiger charge is 2.41. The molecule has 15 heavy (non-hydrogen) atoms. The third kappa shape index (κ3) is 3.09. The molecule has 2 atom stereocenters. The van der Waals surface area contributed by atoms with E-state index in [1.807, 2.05) is 11.8 Å². The summed E-state index contributed by atoms with van der Waals surface area (Å²) in [6, 6.07) is 0. The minimum Gasteiger partial charge on any atom is -0.374 e. The van der Waals surface area contributed by atoms with E-state index in [9.17, 15) is 8.42 Å². The molecule has 0 aromatic rings. The summed E-state index contributed by atoms with van der Waals surface area (Å²) < 4.78 is 32.9.